The first-order chi connectivity index (χ1) is 11.4. The maximum atomic E-state index is 12.5. The van der Waals surface area contributed by atoms with E-state index in [9.17, 15) is 13.2 Å². The standard InChI is InChI=1S/C15H24N4O4S.ClH/c1-18(2)24(21,22)12-3-4-14(19-7-9-23-10-8-19)13(11-12)15(20)17-6-5-16;/h3-4,11H,5-10,16H2,1-2H3,(H,17,20);1H. The zero-order chi connectivity index (χ0) is 17.7. The number of nitrogens with two attached hydrogens (primary N) is 1. The van der Waals surface area contributed by atoms with E-state index < -0.39 is 10.0 Å². The van der Waals surface area contributed by atoms with Crippen LogP contribution >= 0.6 is 12.4 Å². The summed E-state index contributed by atoms with van der Waals surface area (Å²) in [4.78, 5) is 14.6. The van der Waals surface area contributed by atoms with Crippen molar-refractivity contribution in [2.75, 3.05) is 58.4 Å². The lowest BCUT2D eigenvalue weighted by Gasteiger charge is -2.30. The highest BCUT2D eigenvalue weighted by Crippen LogP contribution is 2.26. The molecule has 0 unspecified atom stereocenters. The Labute approximate surface area is 154 Å². The molecule has 0 bridgehead atoms. The van der Waals surface area contributed by atoms with Gasteiger partial charge >= 0.3 is 0 Å². The van der Waals surface area contributed by atoms with Crippen molar-refractivity contribution in [1.82, 2.24) is 9.62 Å². The molecule has 1 fully saturated rings. The molecule has 1 saturated heterocycles. The van der Waals surface area contributed by atoms with Crippen LogP contribution in [0.2, 0.25) is 0 Å². The molecule has 1 aliphatic rings. The van der Waals surface area contributed by atoms with E-state index in [0.717, 1.165) is 4.31 Å². The minimum atomic E-state index is -3.62. The predicted molar refractivity (Wildman–Crippen MR) is 99.0 cm³/mol. The Bertz CT molecular complexity index is 691. The molecule has 0 radical (unpaired) electrons. The van der Waals surface area contributed by atoms with E-state index in [0.29, 0.717) is 50.6 Å². The third-order valence-corrected chi connectivity index (χ3v) is 5.58. The molecule has 0 aliphatic carbocycles. The van der Waals surface area contributed by atoms with Crippen LogP contribution in [0.4, 0.5) is 5.69 Å². The molecule has 142 valence electrons. The first-order valence-corrected chi connectivity index (χ1v) is 9.19. The SMILES string of the molecule is CN(C)S(=O)(=O)c1ccc(N2CCOCC2)c(C(=O)NCCN)c1.Cl. The molecule has 1 amide bonds. The van der Waals surface area contributed by atoms with Gasteiger partial charge < -0.3 is 20.7 Å². The summed E-state index contributed by atoms with van der Waals surface area (Å²) in [5, 5.41) is 2.71. The number of carbonyl (C=O) groups excluding carboxylic acids is 1. The third kappa shape index (κ3) is 5.05. The van der Waals surface area contributed by atoms with Crippen molar-refractivity contribution in [3.05, 3.63) is 23.8 Å². The van der Waals surface area contributed by atoms with Gasteiger partial charge in [-0.25, -0.2) is 12.7 Å². The molecule has 2 rings (SSSR count). The predicted octanol–water partition coefficient (Wildman–Crippen LogP) is -0.116. The smallest absolute Gasteiger partial charge is 0.253 e. The lowest BCUT2D eigenvalue weighted by molar-refractivity contribution is 0.0953. The van der Waals surface area contributed by atoms with Crippen molar-refractivity contribution in [2.45, 2.75) is 4.90 Å². The monoisotopic (exact) mass is 392 g/mol. The number of rotatable bonds is 6. The zero-order valence-corrected chi connectivity index (χ0v) is 16.0. The number of sulfonamides is 1. The molecule has 1 aromatic rings. The van der Waals surface area contributed by atoms with Crippen molar-refractivity contribution in [2.24, 2.45) is 5.73 Å². The highest BCUT2D eigenvalue weighted by Gasteiger charge is 2.24. The average molecular weight is 393 g/mol. The Balaban J connectivity index is 0.00000312. The van der Waals surface area contributed by atoms with Gasteiger partial charge in [0, 0.05) is 46.0 Å². The van der Waals surface area contributed by atoms with E-state index in [4.69, 9.17) is 10.5 Å². The summed E-state index contributed by atoms with van der Waals surface area (Å²) in [5.74, 6) is -0.335. The fourth-order valence-electron chi connectivity index (χ4n) is 2.43. The van der Waals surface area contributed by atoms with Gasteiger partial charge in [0.2, 0.25) is 10.0 Å². The Hall–Kier alpha value is -1.39. The van der Waals surface area contributed by atoms with Crippen molar-refractivity contribution in [3.63, 3.8) is 0 Å². The van der Waals surface area contributed by atoms with Crippen LogP contribution in [0.15, 0.2) is 23.1 Å². The maximum Gasteiger partial charge on any atom is 0.253 e. The van der Waals surface area contributed by atoms with Crippen LogP contribution in [0.5, 0.6) is 0 Å². The molecule has 0 saturated carbocycles. The van der Waals surface area contributed by atoms with Crippen LogP contribution in [0.3, 0.4) is 0 Å². The van der Waals surface area contributed by atoms with Gasteiger partial charge in [0.05, 0.1) is 23.7 Å². The molecule has 25 heavy (non-hydrogen) atoms. The summed E-state index contributed by atoms with van der Waals surface area (Å²) in [5.41, 5.74) is 6.46. The Kier molecular flexibility index (Phi) is 8.10. The van der Waals surface area contributed by atoms with Crippen LogP contribution in [0, 0.1) is 0 Å². The average Bonchev–Trinajstić information content (AvgIpc) is 2.59. The van der Waals surface area contributed by atoms with Crippen molar-refractivity contribution in [3.8, 4) is 0 Å². The Morgan fingerprint density at radius 2 is 1.96 bits per heavy atom. The number of nitrogens with zero attached hydrogens (tertiary/aromatic N) is 2. The number of hydrogen-bond donors (Lipinski definition) is 2. The van der Waals surface area contributed by atoms with Crippen LogP contribution in [-0.4, -0.2) is 72.1 Å². The summed E-state index contributed by atoms with van der Waals surface area (Å²) in [6.45, 7) is 3.08. The first kappa shape index (κ1) is 21.7. The third-order valence-electron chi connectivity index (χ3n) is 3.77. The van der Waals surface area contributed by atoms with Gasteiger partial charge in [-0.05, 0) is 18.2 Å². The maximum absolute atomic E-state index is 12.5. The highest BCUT2D eigenvalue weighted by atomic mass is 35.5. The van der Waals surface area contributed by atoms with Gasteiger partial charge in [0.15, 0.2) is 0 Å². The van der Waals surface area contributed by atoms with E-state index in [2.05, 4.69) is 5.32 Å². The quantitative estimate of drug-likeness (QED) is 0.699. The highest BCUT2D eigenvalue weighted by molar-refractivity contribution is 7.89. The number of halogens is 1. The van der Waals surface area contributed by atoms with Gasteiger partial charge in [-0.3, -0.25) is 4.79 Å². The second-order valence-electron chi connectivity index (χ2n) is 5.61. The lowest BCUT2D eigenvalue weighted by atomic mass is 10.1. The second-order valence-corrected chi connectivity index (χ2v) is 7.76. The minimum Gasteiger partial charge on any atom is -0.378 e. The van der Waals surface area contributed by atoms with Crippen LogP contribution in [-0.2, 0) is 14.8 Å². The second kappa shape index (κ2) is 9.35. The van der Waals surface area contributed by atoms with Gasteiger partial charge in [-0.2, -0.15) is 0 Å². The molecule has 0 aromatic heterocycles. The number of morpholine rings is 1. The van der Waals surface area contributed by atoms with E-state index in [-0.39, 0.29) is 23.2 Å². The molecular formula is C15H25ClN4O4S. The molecule has 3 N–H and O–H groups in total. The van der Waals surface area contributed by atoms with Crippen LogP contribution < -0.4 is 16.0 Å². The number of hydrogen-bond acceptors (Lipinski definition) is 6. The Morgan fingerprint density at radius 1 is 1.32 bits per heavy atom. The fraction of sp³-hybridized carbons (Fsp3) is 0.533. The summed E-state index contributed by atoms with van der Waals surface area (Å²) < 4.78 is 31.2. The molecule has 0 atom stereocenters. The molecular weight excluding hydrogens is 368 g/mol. The fourth-order valence-corrected chi connectivity index (χ4v) is 3.36. The zero-order valence-electron chi connectivity index (χ0n) is 14.4. The van der Waals surface area contributed by atoms with E-state index in [1.807, 2.05) is 4.90 Å². The molecule has 0 spiro atoms. The summed E-state index contributed by atoms with van der Waals surface area (Å²) in [6.07, 6.45) is 0. The molecule has 1 heterocycles. The van der Waals surface area contributed by atoms with Crippen molar-refractivity contribution >= 4 is 34.0 Å². The number of carbonyl (C=O) groups is 1. The number of nitrogens with one attached hydrogen (secondary N) is 1. The number of benzene rings is 1. The van der Waals surface area contributed by atoms with Gasteiger partial charge in [0.25, 0.3) is 5.91 Å². The largest absolute Gasteiger partial charge is 0.378 e. The van der Waals surface area contributed by atoms with Gasteiger partial charge in [0.1, 0.15) is 0 Å². The molecule has 1 aliphatic heterocycles. The molecule has 1 aromatic carbocycles. The number of anilines is 1. The van der Waals surface area contributed by atoms with Gasteiger partial charge in [-0.1, -0.05) is 0 Å². The minimum absolute atomic E-state index is 0. The van der Waals surface area contributed by atoms with E-state index in [1.165, 1.54) is 26.2 Å². The topological polar surface area (TPSA) is 105 Å². The number of ether oxygens (including phenoxy) is 1. The summed E-state index contributed by atoms with van der Waals surface area (Å²) in [6, 6.07) is 4.63. The van der Waals surface area contributed by atoms with Crippen LogP contribution in [0.1, 0.15) is 10.4 Å². The summed E-state index contributed by atoms with van der Waals surface area (Å²) in [7, 11) is -0.700. The van der Waals surface area contributed by atoms with Crippen LogP contribution in [0.25, 0.3) is 0 Å². The first-order valence-electron chi connectivity index (χ1n) is 7.75. The van der Waals surface area contributed by atoms with Gasteiger partial charge in [-0.15, -0.1) is 12.4 Å². The van der Waals surface area contributed by atoms with E-state index >= 15 is 0 Å². The molecule has 8 nitrogen and oxygen atoms in total. The normalized spacial score (nSPS) is 15.0. The molecule has 10 heteroatoms. The lowest BCUT2D eigenvalue weighted by Crippen LogP contribution is -2.38. The van der Waals surface area contributed by atoms with E-state index in [1.54, 1.807) is 6.07 Å². The number of amides is 1. The van der Waals surface area contributed by atoms with Crippen molar-refractivity contribution in [1.29, 1.82) is 0 Å². The van der Waals surface area contributed by atoms with Crippen molar-refractivity contribution < 1.29 is 17.9 Å². The summed E-state index contributed by atoms with van der Waals surface area (Å²) >= 11 is 0. The Morgan fingerprint density at radius 3 is 2.52 bits per heavy atom.